The van der Waals surface area contributed by atoms with Crippen molar-refractivity contribution in [2.45, 2.75) is 18.2 Å². The highest BCUT2D eigenvalue weighted by atomic mass is 32.2. The van der Waals surface area contributed by atoms with Crippen LogP contribution >= 0.6 is 0 Å². The van der Waals surface area contributed by atoms with E-state index in [9.17, 15) is 23.1 Å². The Balaban J connectivity index is 1.73. The van der Waals surface area contributed by atoms with Crippen LogP contribution in [-0.4, -0.2) is 31.9 Å². The topological polar surface area (TPSA) is 113 Å². The number of rotatable bonds is 6. The van der Waals surface area contributed by atoms with Crippen LogP contribution in [0, 0.1) is 23.7 Å². The summed E-state index contributed by atoms with van der Waals surface area (Å²) in [7, 11) is -3.55. The van der Waals surface area contributed by atoms with Gasteiger partial charge < -0.3 is 10.4 Å². The molecule has 3 rings (SSSR count). The van der Waals surface area contributed by atoms with Gasteiger partial charge in [-0.25, -0.2) is 13.1 Å². The fourth-order valence-electron chi connectivity index (χ4n) is 3.73. The summed E-state index contributed by atoms with van der Waals surface area (Å²) in [6, 6.07) is 5.81. The molecule has 1 fully saturated rings. The second-order valence-corrected chi connectivity index (χ2v) is 8.12. The van der Waals surface area contributed by atoms with E-state index in [2.05, 4.69) is 10.0 Å². The number of hydrogen-bond donors (Lipinski definition) is 3. The number of sulfonamides is 1. The predicted octanol–water partition coefficient (Wildman–Crippen LogP) is 1.45. The van der Waals surface area contributed by atoms with Crippen LogP contribution in [-0.2, 0) is 19.6 Å². The second kappa shape index (κ2) is 6.61. The van der Waals surface area contributed by atoms with E-state index < -0.39 is 27.8 Å². The van der Waals surface area contributed by atoms with Crippen molar-refractivity contribution in [3.05, 3.63) is 36.4 Å². The maximum atomic E-state index is 12.6. The first-order valence-corrected chi connectivity index (χ1v) is 9.63. The standard InChI is InChI=1S/C17H20N2O5S/c1-2-18-25(23,24)13-7-5-12(6-8-13)19-16(20)14-10-3-4-11(9-10)15(14)17(21)22/h3-8,10-11,14-15,18H,2,9H2,1H3,(H,19,20)(H,21,22)/t10-,11-,14-,15-/m0/s1. The van der Waals surface area contributed by atoms with Crippen molar-refractivity contribution >= 4 is 27.6 Å². The molecule has 3 N–H and O–H groups in total. The first kappa shape index (κ1) is 17.6. The van der Waals surface area contributed by atoms with Crippen molar-refractivity contribution in [3.63, 3.8) is 0 Å². The summed E-state index contributed by atoms with van der Waals surface area (Å²) >= 11 is 0. The maximum Gasteiger partial charge on any atom is 0.307 e. The van der Waals surface area contributed by atoms with Crippen LogP contribution in [0.1, 0.15) is 13.3 Å². The average molecular weight is 364 g/mol. The minimum Gasteiger partial charge on any atom is -0.481 e. The van der Waals surface area contributed by atoms with Crippen LogP contribution in [0.3, 0.4) is 0 Å². The van der Waals surface area contributed by atoms with Crippen molar-refractivity contribution in [1.29, 1.82) is 0 Å². The number of allylic oxidation sites excluding steroid dienone is 2. The fraction of sp³-hybridized carbons (Fsp3) is 0.412. The number of amides is 1. The van der Waals surface area contributed by atoms with Gasteiger partial charge in [-0.2, -0.15) is 0 Å². The summed E-state index contributed by atoms with van der Waals surface area (Å²) in [6.07, 6.45) is 4.49. The largest absolute Gasteiger partial charge is 0.481 e. The number of anilines is 1. The van der Waals surface area contributed by atoms with Crippen LogP contribution < -0.4 is 10.0 Å². The Hall–Kier alpha value is -2.19. The van der Waals surface area contributed by atoms with Gasteiger partial charge in [0.2, 0.25) is 15.9 Å². The van der Waals surface area contributed by atoms with E-state index in [4.69, 9.17) is 0 Å². The lowest BCUT2D eigenvalue weighted by Gasteiger charge is -2.23. The van der Waals surface area contributed by atoms with E-state index in [-0.39, 0.29) is 29.2 Å². The molecule has 7 nitrogen and oxygen atoms in total. The van der Waals surface area contributed by atoms with Gasteiger partial charge >= 0.3 is 5.97 Å². The van der Waals surface area contributed by atoms with E-state index in [0.717, 1.165) is 0 Å². The molecule has 0 aromatic heterocycles. The highest BCUT2D eigenvalue weighted by Gasteiger charge is 2.51. The number of carbonyl (C=O) groups is 2. The number of carboxylic acids is 1. The molecule has 0 saturated heterocycles. The molecule has 0 unspecified atom stereocenters. The van der Waals surface area contributed by atoms with Crippen LogP contribution in [0.5, 0.6) is 0 Å². The normalized spacial score (nSPS) is 27.4. The Morgan fingerprint density at radius 1 is 1.12 bits per heavy atom. The molecule has 2 bridgehead atoms. The van der Waals surface area contributed by atoms with E-state index in [1.165, 1.54) is 24.3 Å². The molecule has 1 saturated carbocycles. The van der Waals surface area contributed by atoms with E-state index in [0.29, 0.717) is 12.1 Å². The van der Waals surface area contributed by atoms with Gasteiger partial charge in [0.05, 0.1) is 16.7 Å². The van der Waals surface area contributed by atoms with Gasteiger partial charge in [0.15, 0.2) is 0 Å². The quantitative estimate of drug-likeness (QED) is 0.661. The summed E-state index contributed by atoms with van der Waals surface area (Å²) in [5.74, 6) is -2.75. The summed E-state index contributed by atoms with van der Waals surface area (Å²) < 4.78 is 26.2. The number of nitrogens with one attached hydrogen (secondary N) is 2. The van der Waals surface area contributed by atoms with Gasteiger partial charge in [-0.05, 0) is 42.5 Å². The molecule has 1 aromatic rings. The molecule has 4 atom stereocenters. The summed E-state index contributed by atoms with van der Waals surface area (Å²) in [4.78, 5) is 24.2. The third-order valence-corrected chi connectivity index (χ3v) is 6.38. The number of fused-ring (bicyclic) bond motifs is 2. The molecule has 1 aromatic carbocycles. The van der Waals surface area contributed by atoms with Gasteiger partial charge in [0, 0.05) is 12.2 Å². The fourth-order valence-corrected chi connectivity index (χ4v) is 4.77. The van der Waals surface area contributed by atoms with Crippen molar-refractivity contribution in [3.8, 4) is 0 Å². The monoisotopic (exact) mass is 364 g/mol. The van der Waals surface area contributed by atoms with Gasteiger partial charge in [-0.15, -0.1) is 0 Å². The van der Waals surface area contributed by atoms with Gasteiger partial charge in [-0.3, -0.25) is 9.59 Å². The zero-order valence-corrected chi connectivity index (χ0v) is 14.5. The molecule has 0 spiro atoms. The van der Waals surface area contributed by atoms with Gasteiger partial charge in [0.25, 0.3) is 0 Å². The van der Waals surface area contributed by atoms with Crippen molar-refractivity contribution in [2.75, 3.05) is 11.9 Å². The Kier molecular flexibility index (Phi) is 4.66. The van der Waals surface area contributed by atoms with Crippen LogP contribution in [0.15, 0.2) is 41.3 Å². The minimum absolute atomic E-state index is 0.0560. The Morgan fingerprint density at radius 2 is 1.72 bits per heavy atom. The molecule has 1 amide bonds. The number of hydrogen-bond acceptors (Lipinski definition) is 4. The van der Waals surface area contributed by atoms with Crippen molar-refractivity contribution in [2.24, 2.45) is 23.7 Å². The van der Waals surface area contributed by atoms with Crippen LogP contribution in [0.25, 0.3) is 0 Å². The number of carbonyl (C=O) groups excluding carboxylic acids is 1. The molecule has 2 aliphatic carbocycles. The summed E-state index contributed by atoms with van der Waals surface area (Å²) in [5, 5.41) is 12.1. The first-order chi connectivity index (χ1) is 11.8. The second-order valence-electron chi connectivity index (χ2n) is 6.35. The molecule has 0 aliphatic heterocycles. The lowest BCUT2D eigenvalue weighted by atomic mass is 9.82. The Bertz CT molecular complexity index is 816. The predicted molar refractivity (Wildman–Crippen MR) is 91.3 cm³/mol. The molecular weight excluding hydrogens is 344 g/mol. The minimum atomic E-state index is -3.55. The van der Waals surface area contributed by atoms with E-state index in [1.807, 2.05) is 12.2 Å². The van der Waals surface area contributed by atoms with Gasteiger partial charge in [-0.1, -0.05) is 19.1 Å². The van der Waals surface area contributed by atoms with Crippen molar-refractivity contribution in [1.82, 2.24) is 4.72 Å². The zero-order chi connectivity index (χ0) is 18.2. The average Bonchev–Trinajstić information content (AvgIpc) is 3.16. The van der Waals surface area contributed by atoms with E-state index in [1.54, 1.807) is 6.92 Å². The van der Waals surface area contributed by atoms with Gasteiger partial charge in [0.1, 0.15) is 0 Å². The summed E-state index contributed by atoms with van der Waals surface area (Å²) in [5.41, 5.74) is 0.441. The zero-order valence-electron chi connectivity index (χ0n) is 13.7. The molecule has 134 valence electrons. The third kappa shape index (κ3) is 3.32. The number of aliphatic carboxylic acids is 1. The molecule has 0 radical (unpaired) electrons. The number of carboxylic acid groups (broad SMARTS) is 1. The highest BCUT2D eigenvalue weighted by molar-refractivity contribution is 7.89. The summed E-state index contributed by atoms with van der Waals surface area (Å²) in [6.45, 7) is 1.98. The van der Waals surface area contributed by atoms with E-state index >= 15 is 0 Å². The SMILES string of the molecule is CCNS(=O)(=O)c1ccc(NC(=O)[C@@H]2[C@@H](C(=O)O)[C@H]3C=C[C@H]2C3)cc1. The lowest BCUT2D eigenvalue weighted by molar-refractivity contribution is -0.146. The van der Waals surface area contributed by atoms with Crippen LogP contribution in [0.2, 0.25) is 0 Å². The smallest absolute Gasteiger partial charge is 0.307 e. The Morgan fingerprint density at radius 3 is 2.28 bits per heavy atom. The molecule has 25 heavy (non-hydrogen) atoms. The first-order valence-electron chi connectivity index (χ1n) is 8.15. The Labute approximate surface area is 146 Å². The molecular formula is C17H20N2O5S. The molecule has 8 heteroatoms. The lowest BCUT2D eigenvalue weighted by Crippen LogP contribution is -2.36. The molecule has 0 heterocycles. The highest BCUT2D eigenvalue weighted by Crippen LogP contribution is 2.48. The van der Waals surface area contributed by atoms with Crippen molar-refractivity contribution < 1.29 is 23.1 Å². The van der Waals surface area contributed by atoms with Crippen LogP contribution in [0.4, 0.5) is 5.69 Å². The third-order valence-electron chi connectivity index (χ3n) is 4.81. The molecule has 2 aliphatic rings. The number of benzene rings is 1. The maximum absolute atomic E-state index is 12.6.